The van der Waals surface area contributed by atoms with Crippen molar-refractivity contribution in [2.24, 2.45) is 5.92 Å². The van der Waals surface area contributed by atoms with Crippen molar-refractivity contribution < 1.29 is 9.90 Å². The molecule has 0 aliphatic carbocycles. The van der Waals surface area contributed by atoms with Crippen LogP contribution in [0, 0.1) is 5.92 Å². The van der Waals surface area contributed by atoms with Crippen LogP contribution < -0.4 is 0 Å². The van der Waals surface area contributed by atoms with Crippen molar-refractivity contribution in [2.75, 3.05) is 0 Å². The summed E-state index contributed by atoms with van der Waals surface area (Å²) in [5.74, 6) is -1.46. The lowest BCUT2D eigenvalue weighted by molar-refractivity contribution is -0.140. The van der Waals surface area contributed by atoms with Crippen molar-refractivity contribution in [2.45, 2.75) is 19.8 Å². The zero-order valence-corrected chi connectivity index (χ0v) is 8.82. The van der Waals surface area contributed by atoms with Crippen molar-refractivity contribution in [3.8, 4) is 0 Å². The van der Waals surface area contributed by atoms with Crippen LogP contribution in [0.2, 0.25) is 5.15 Å². The van der Waals surface area contributed by atoms with E-state index in [4.69, 9.17) is 16.7 Å². The van der Waals surface area contributed by atoms with Gasteiger partial charge in [-0.25, -0.2) is 4.98 Å². The minimum absolute atomic E-state index is 0.00142. The Hall–Kier alpha value is -1.09. The van der Waals surface area contributed by atoms with Crippen LogP contribution in [0.25, 0.3) is 0 Å². The van der Waals surface area contributed by atoms with Gasteiger partial charge in [0, 0.05) is 0 Å². The van der Waals surface area contributed by atoms with Gasteiger partial charge in [0.2, 0.25) is 0 Å². The van der Waals surface area contributed by atoms with Gasteiger partial charge < -0.3 is 5.11 Å². The summed E-state index contributed by atoms with van der Waals surface area (Å²) in [6, 6.07) is 5.03. The highest BCUT2D eigenvalue weighted by molar-refractivity contribution is 6.29. The number of rotatable bonds is 3. The second-order valence-corrected chi connectivity index (χ2v) is 3.83. The molecule has 1 aromatic heterocycles. The number of halogens is 1. The van der Waals surface area contributed by atoms with Crippen molar-refractivity contribution >= 4 is 17.6 Å². The minimum Gasteiger partial charge on any atom is -0.481 e. The summed E-state index contributed by atoms with van der Waals surface area (Å²) >= 11 is 5.69. The molecule has 0 aliphatic rings. The predicted octanol–water partition coefficient (Wildman–Crippen LogP) is 2.56. The second-order valence-electron chi connectivity index (χ2n) is 3.45. The van der Waals surface area contributed by atoms with E-state index in [1.165, 1.54) is 0 Å². The fourth-order valence-electron chi connectivity index (χ4n) is 1.35. The molecule has 1 atom stereocenters. The molecule has 0 amide bonds. The zero-order chi connectivity index (χ0) is 10.7. The molecule has 0 aromatic carbocycles. The van der Waals surface area contributed by atoms with Crippen LogP contribution in [-0.2, 0) is 4.79 Å². The molecule has 0 bridgehead atoms. The third kappa shape index (κ3) is 2.45. The van der Waals surface area contributed by atoms with Crippen molar-refractivity contribution in [3.63, 3.8) is 0 Å². The molecular weight excluding hydrogens is 202 g/mol. The highest BCUT2D eigenvalue weighted by atomic mass is 35.5. The number of nitrogens with zero attached hydrogens (tertiary/aromatic N) is 1. The van der Waals surface area contributed by atoms with Crippen LogP contribution in [0.5, 0.6) is 0 Å². The van der Waals surface area contributed by atoms with E-state index in [1.807, 2.05) is 13.8 Å². The molecule has 14 heavy (non-hydrogen) atoms. The monoisotopic (exact) mass is 213 g/mol. The van der Waals surface area contributed by atoms with Gasteiger partial charge in [-0.15, -0.1) is 0 Å². The standard InChI is InChI=1S/C10H12ClNO2/c1-6(2)9(10(13)14)7-4-3-5-8(11)12-7/h3-6,9H,1-2H3,(H,13,14). The minimum atomic E-state index is -0.866. The molecule has 1 N–H and O–H groups in total. The number of pyridine rings is 1. The molecular formula is C10H12ClNO2. The molecule has 0 spiro atoms. The Balaban J connectivity index is 3.05. The second kappa shape index (κ2) is 4.42. The quantitative estimate of drug-likeness (QED) is 0.786. The highest BCUT2D eigenvalue weighted by Gasteiger charge is 2.24. The van der Waals surface area contributed by atoms with Crippen LogP contribution in [0.1, 0.15) is 25.5 Å². The van der Waals surface area contributed by atoms with E-state index in [0.29, 0.717) is 10.8 Å². The number of carbonyl (C=O) groups is 1. The molecule has 0 aliphatic heterocycles. The van der Waals surface area contributed by atoms with Crippen LogP contribution in [0.3, 0.4) is 0 Å². The first kappa shape index (κ1) is 11.0. The van der Waals surface area contributed by atoms with E-state index in [1.54, 1.807) is 18.2 Å². The lowest BCUT2D eigenvalue weighted by Gasteiger charge is -2.15. The molecule has 1 heterocycles. The average Bonchev–Trinajstić information content (AvgIpc) is 2.02. The smallest absolute Gasteiger partial charge is 0.312 e. The Morgan fingerprint density at radius 2 is 2.14 bits per heavy atom. The van der Waals surface area contributed by atoms with Crippen LogP contribution in [0.15, 0.2) is 18.2 Å². The molecule has 0 saturated heterocycles. The van der Waals surface area contributed by atoms with Gasteiger partial charge in [0.05, 0.1) is 5.69 Å². The summed E-state index contributed by atoms with van der Waals surface area (Å²) in [6.45, 7) is 3.70. The Labute approximate surface area is 87.7 Å². The van der Waals surface area contributed by atoms with E-state index in [-0.39, 0.29) is 5.92 Å². The molecule has 76 valence electrons. The Bertz CT molecular complexity index is 339. The van der Waals surface area contributed by atoms with Gasteiger partial charge in [0.25, 0.3) is 0 Å². The molecule has 0 saturated carbocycles. The molecule has 1 aromatic rings. The predicted molar refractivity (Wildman–Crippen MR) is 54.5 cm³/mol. The van der Waals surface area contributed by atoms with Crippen LogP contribution in [-0.4, -0.2) is 16.1 Å². The SMILES string of the molecule is CC(C)C(C(=O)O)c1cccc(Cl)n1. The topological polar surface area (TPSA) is 50.2 Å². The first-order valence-electron chi connectivity index (χ1n) is 4.37. The third-order valence-corrected chi connectivity index (χ3v) is 2.20. The maximum Gasteiger partial charge on any atom is 0.312 e. The van der Waals surface area contributed by atoms with Crippen molar-refractivity contribution in [3.05, 3.63) is 29.0 Å². The molecule has 0 fully saturated rings. The summed E-state index contributed by atoms with van der Waals surface area (Å²) < 4.78 is 0. The number of hydrogen-bond acceptors (Lipinski definition) is 2. The average molecular weight is 214 g/mol. The number of aliphatic carboxylic acids is 1. The largest absolute Gasteiger partial charge is 0.481 e. The summed E-state index contributed by atoms with van der Waals surface area (Å²) in [5, 5.41) is 9.33. The number of hydrogen-bond donors (Lipinski definition) is 1. The van der Waals surface area contributed by atoms with E-state index < -0.39 is 11.9 Å². The van der Waals surface area contributed by atoms with Crippen molar-refractivity contribution in [1.29, 1.82) is 0 Å². The van der Waals surface area contributed by atoms with Gasteiger partial charge in [-0.3, -0.25) is 4.79 Å². The Morgan fingerprint density at radius 1 is 1.50 bits per heavy atom. The number of aromatic nitrogens is 1. The molecule has 1 unspecified atom stereocenters. The number of carboxylic acid groups (broad SMARTS) is 1. The lowest BCUT2D eigenvalue weighted by Crippen LogP contribution is -2.18. The van der Waals surface area contributed by atoms with Crippen LogP contribution in [0.4, 0.5) is 0 Å². The lowest BCUT2D eigenvalue weighted by atomic mass is 9.92. The summed E-state index contributed by atoms with van der Waals surface area (Å²) in [6.07, 6.45) is 0. The van der Waals surface area contributed by atoms with Crippen molar-refractivity contribution in [1.82, 2.24) is 4.98 Å². The fraction of sp³-hybridized carbons (Fsp3) is 0.400. The van der Waals surface area contributed by atoms with Gasteiger partial charge >= 0.3 is 5.97 Å². The molecule has 4 heteroatoms. The fourth-order valence-corrected chi connectivity index (χ4v) is 1.52. The maximum atomic E-state index is 11.0. The summed E-state index contributed by atoms with van der Waals surface area (Å²) in [4.78, 5) is 15.0. The first-order chi connectivity index (χ1) is 6.52. The Morgan fingerprint density at radius 3 is 2.57 bits per heavy atom. The first-order valence-corrected chi connectivity index (χ1v) is 4.75. The van der Waals surface area contributed by atoms with Gasteiger partial charge in [-0.1, -0.05) is 31.5 Å². The molecule has 1 rings (SSSR count). The number of carboxylic acids is 1. The zero-order valence-electron chi connectivity index (χ0n) is 8.07. The van der Waals surface area contributed by atoms with E-state index in [9.17, 15) is 4.79 Å². The third-order valence-electron chi connectivity index (χ3n) is 1.99. The Kier molecular flexibility index (Phi) is 3.47. The van der Waals surface area contributed by atoms with Gasteiger partial charge in [-0.05, 0) is 18.1 Å². The molecule has 3 nitrogen and oxygen atoms in total. The van der Waals surface area contributed by atoms with Gasteiger partial charge in [0.1, 0.15) is 11.1 Å². The normalized spacial score (nSPS) is 12.9. The van der Waals surface area contributed by atoms with E-state index in [2.05, 4.69) is 4.98 Å². The van der Waals surface area contributed by atoms with Crippen LogP contribution >= 0.6 is 11.6 Å². The summed E-state index contributed by atoms with van der Waals surface area (Å²) in [7, 11) is 0. The van der Waals surface area contributed by atoms with E-state index >= 15 is 0 Å². The van der Waals surface area contributed by atoms with Gasteiger partial charge in [0.15, 0.2) is 0 Å². The summed E-state index contributed by atoms with van der Waals surface area (Å²) in [5.41, 5.74) is 0.514. The van der Waals surface area contributed by atoms with Gasteiger partial charge in [-0.2, -0.15) is 0 Å². The highest BCUT2D eigenvalue weighted by Crippen LogP contribution is 2.23. The molecule has 0 radical (unpaired) electrons. The van der Waals surface area contributed by atoms with E-state index in [0.717, 1.165) is 0 Å². The maximum absolute atomic E-state index is 11.0.